The van der Waals surface area contributed by atoms with Gasteiger partial charge in [-0.15, -0.1) is 0 Å². The van der Waals surface area contributed by atoms with Gasteiger partial charge in [0.25, 0.3) is 10.0 Å². The lowest BCUT2D eigenvalue weighted by Gasteiger charge is -2.12. The van der Waals surface area contributed by atoms with E-state index in [0.717, 1.165) is 5.69 Å². The maximum Gasteiger partial charge on any atom is 0.263 e. The summed E-state index contributed by atoms with van der Waals surface area (Å²) in [5.41, 5.74) is 7.45. The van der Waals surface area contributed by atoms with Gasteiger partial charge in [0.2, 0.25) is 0 Å². The van der Waals surface area contributed by atoms with Gasteiger partial charge in [0.05, 0.1) is 4.90 Å². The lowest BCUT2D eigenvalue weighted by Crippen LogP contribution is -2.16. The van der Waals surface area contributed by atoms with Crippen molar-refractivity contribution in [3.05, 3.63) is 46.1 Å². The average Bonchev–Trinajstić information content (AvgIpc) is 2.33. The van der Waals surface area contributed by atoms with E-state index >= 15 is 0 Å². The minimum atomic E-state index is -3.73. The van der Waals surface area contributed by atoms with Gasteiger partial charge < -0.3 is 5.73 Å². The number of hydrogen-bond donors (Lipinski definition) is 2. The number of aromatic nitrogens is 1. The number of nitrogens with zero attached hydrogens (tertiary/aromatic N) is 1. The lowest BCUT2D eigenvalue weighted by molar-refractivity contribution is 0.600. The molecule has 20 heavy (non-hydrogen) atoms. The number of nitrogens with two attached hydrogens (primary N) is 1. The Morgan fingerprint density at radius 3 is 2.60 bits per heavy atom. The predicted octanol–water partition coefficient (Wildman–Crippen LogP) is 2.84. The Bertz CT molecular complexity index is 760. The maximum absolute atomic E-state index is 12.4. The Morgan fingerprint density at radius 2 is 1.95 bits per heavy atom. The van der Waals surface area contributed by atoms with Crippen molar-refractivity contribution in [1.29, 1.82) is 0 Å². The van der Waals surface area contributed by atoms with Crippen molar-refractivity contribution < 1.29 is 8.42 Å². The summed E-state index contributed by atoms with van der Waals surface area (Å²) in [6.07, 6.45) is 0. The fraction of sp³-hybridized carbons (Fsp3) is 0.154. The Morgan fingerprint density at radius 1 is 1.25 bits per heavy atom. The minimum absolute atomic E-state index is 0.132. The largest absolute Gasteiger partial charge is 0.398 e. The molecule has 0 aliphatic rings. The third kappa shape index (κ3) is 3.10. The molecule has 0 fully saturated rings. The normalized spacial score (nSPS) is 11.3. The van der Waals surface area contributed by atoms with Gasteiger partial charge in [-0.2, -0.15) is 0 Å². The van der Waals surface area contributed by atoms with Crippen LogP contribution in [0.15, 0.2) is 39.7 Å². The van der Waals surface area contributed by atoms with Crippen LogP contribution in [0.3, 0.4) is 0 Å². The van der Waals surface area contributed by atoms with E-state index in [0.29, 0.717) is 15.7 Å². The monoisotopic (exact) mass is 355 g/mol. The summed E-state index contributed by atoms with van der Waals surface area (Å²) in [5, 5.41) is 0. The van der Waals surface area contributed by atoms with E-state index in [2.05, 4.69) is 25.6 Å². The van der Waals surface area contributed by atoms with Crippen LogP contribution in [0.4, 0.5) is 11.5 Å². The molecule has 106 valence electrons. The molecular weight excluding hydrogens is 342 g/mol. The Balaban J connectivity index is 2.46. The van der Waals surface area contributed by atoms with Crippen molar-refractivity contribution in [2.75, 3.05) is 10.5 Å². The van der Waals surface area contributed by atoms with E-state index in [1.165, 1.54) is 6.07 Å². The summed E-state index contributed by atoms with van der Waals surface area (Å²) in [4.78, 5) is 4.26. The first-order valence-electron chi connectivity index (χ1n) is 5.82. The lowest BCUT2D eigenvalue weighted by atomic mass is 10.2. The van der Waals surface area contributed by atoms with Crippen molar-refractivity contribution >= 4 is 37.5 Å². The number of sulfonamides is 1. The summed E-state index contributed by atoms with van der Waals surface area (Å²) in [5.74, 6) is 0.281. The number of pyridine rings is 1. The number of rotatable bonds is 3. The fourth-order valence-corrected chi connectivity index (χ4v) is 3.67. The molecule has 0 saturated heterocycles. The zero-order valence-electron chi connectivity index (χ0n) is 11.0. The first-order chi connectivity index (χ1) is 9.29. The zero-order valence-corrected chi connectivity index (χ0v) is 13.4. The standard InChI is InChI=1S/C13H14BrN3O2S/c1-8-4-3-5-13(16-8)17-20(18,19)12-7-10(14)6-11(15)9(12)2/h3-7H,15H2,1-2H3,(H,16,17). The number of benzene rings is 1. The molecule has 2 aromatic rings. The molecule has 1 aromatic heterocycles. The van der Waals surface area contributed by atoms with Crippen molar-refractivity contribution in [2.24, 2.45) is 0 Å². The van der Waals surface area contributed by atoms with E-state index in [9.17, 15) is 8.42 Å². The van der Waals surface area contributed by atoms with Crippen LogP contribution in [0.5, 0.6) is 0 Å². The highest BCUT2D eigenvalue weighted by molar-refractivity contribution is 9.10. The molecule has 0 saturated carbocycles. The van der Waals surface area contributed by atoms with Crippen molar-refractivity contribution in [3.63, 3.8) is 0 Å². The number of anilines is 2. The number of nitrogens with one attached hydrogen (secondary N) is 1. The Hall–Kier alpha value is -1.60. The molecule has 0 bridgehead atoms. The maximum atomic E-state index is 12.4. The van der Waals surface area contributed by atoms with E-state index in [4.69, 9.17) is 5.73 Å². The van der Waals surface area contributed by atoms with Gasteiger partial charge in [0.15, 0.2) is 0 Å². The molecule has 0 radical (unpaired) electrons. The van der Waals surface area contributed by atoms with Gasteiger partial charge in [-0.25, -0.2) is 13.4 Å². The fourth-order valence-electron chi connectivity index (χ4n) is 1.75. The molecule has 0 aliphatic heterocycles. The quantitative estimate of drug-likeness (QED) is 0.829. The molecule has 5 nitrogen and oxygen atoms in total. The summed E-state index contributed by atoms with van der Waals surface area (Å²) in [6.45, 7) is 3.46. The summed E-state index contributed by atoms with van der Waals surface area (Å²) >= 11 is 3.25. The minimum Gasteiger partial charge on any atom is -0.398 e. The van der Waals surface area contributed by atoms with Crippen LogP contribution in [0, 0.1) is 13.8 Å². The summed E-state index contributed by atoms with van der Waals surface area (Å²) in [7, 11) is -3.73. The van der Waals surface area contributed by atoms with E-state index < -0.39 is 10.0 Å². The molecule has 0 amide bonds. The van der Waals surface area contributed by atoms with Crippen LogP contribution in [0.1, 0.15) is 11.3 Å². The number of halogens is 1. The van der Waals surface area contributed by atoms with Gasteiger partial charge in [0.1, 0.15) is 5.82 Å². The van der Waals surface area contributed by atoms with Crippen LogP contribution >= 0.6 is 15.9 Å². The van der Waals surface area contributed by atoms with Crippen LogP contribution < -0.4 is 10.5 Å². The molecular formula is C13H14BrN3O2S. The molecule has 0 atom stereocenters. The SMILES string of the molecule is Cc1cccc(NS(=O)(=O)c2cc(Br)cc(N)c2C)n1. The molecule has 3 N–H and O–H groups in total. The first-order valence-corrected chi connectivity index (χ1v) is 8.09. The predicted molar refractivity (Wildman–Crippen MR) is 83.1 cm³/mol. The van der Waals surface area contributed by atoms with Gasteiger partial charge >= 0.3 is 0 Å². The molecule has 1 heterocycles. The topological polar surface area (TPSA) is 85.1 Å². The molecule has 7 heteroatoms. The molecule has 1 aromatic carbocycles. The molecule has 0 unspecified atom stereocenters. The number of nitrogen functional groups attached to an aromatic ring is 1. The highest BCUT2D eigenvalue weighted by Gasteiger charge is 2.19. The molecule has 0 spiro atoms. The van der Waals surface area contributed by atoms with Crippen LogP contribution in [0.25, 0.3) is 0 Å². The van der Waals surface area contributed by atoms with Gasteiger partial charge in [-0.1, -0.05) is 22.0 Å². The molecule has 2 rings (SSSR count). The first kappa shape index (κ1) is 14.8. The van der Waals surface area contributed by atoms with E-state index in [1.807, 2.05) is 0 Å². The van der Waals surface area contributed by atoms with E-state index in [-0.39, 0.29) is 10.7 Å². The van der Waals surface area contributed by atoms with Gasteiger partial charge in [-0.3, -0.25) is 4.72 Å². The van der Waals surface area contributed by atoms with E-state index in [1.54, 1.807) is 38.1 Å². The second-order valence-corrected chi connectivity index (χ2v) is 6.95. The molecule has 0 aliphatic carbocycles. The third-order valence-corrected chi connectivity index (χ3v) is 4.72. The second kappa shape index (κ2) is 5.41. The number of aryl methyl sites for hydroxylation is 1. The van der Waals surface area contributed by atoms with Crippen LogP contribution in [0.2, 0.25) is 0 Å². The Kier molecular flexibility index (Phi) is 4.01. The summed E-state index contributed by atoms with van der Waals surface area (Å²) < 4.78 is 27.9. The Labute approximate surface area is 126 Å². The second-order valence-electron chi connectivity index (χ2n) is 4.39. The third-order valence-electron chi connectivity index (χ3n) is 2.78. The number of hydrogen-bond acceptors (Lipinski definition) is 4. The highest BCUT2D eigenvalue weighted by Crippen LogP contribution is 2.27. The van der Waals surface area contributed by atoms with Gasteiger partial charge in [-0.05, 0) is 43.7 Å². The van der Waals surface area contributed by atoms with Crippen molar-refractivity contribution in [2.45, 2.75) is 18.7 Å². The van der Waals surface area contributed by atoms with Crippen molar-refractivity contribution in [3.8, 4) is 0 Å². The van der Waals surface area contributed by atoms with Crippen LogP contribution in [-0.4, -0.2) is 13.4 Å². The highest BCUT2D eigenvalue weighted by atomic mass is 79.9. The van der Waals surface area contributed by atoms with Crippen molar-refractivity contribution in [1.82, 2.24) is 4.98 Å². The van der Waals surface area contributed by atoms with Crippen LogP contribution in [-0.2, 0) is 10.0 Å². The zero-order chi connectivity index (χ0) is 14.9. The smallest absolute Gasteiger partial charge is 0.263 e. The van der Waals surface area contributed by atoms with Gasteiger partial charge in [0, 0.05) is 15.9 Å². The average molecular weight is 356 g/mol. The summed E-state index contributed by atoms with van der Waals surface area (Å²) in [6, 6.07) is 8.31.